The molecule has 6 heteroatoms. The fourth-order valence-electron chi connectivity index (χ4n) is 1.48. The number of aliphatic hydroxyl groups excluding tert-OH is 1. The molecule has 0 bridgehead atoms. The smallest absolute Gasteiger partial charge is 0.248 e. The SMILES string of the molecule is COCC(CO)NCc1ccc(C(N)=O)cc1F. The Balaban J connectivity index is 2.65. The third-order valence-electron chi connectivity index (χ3n) is 2.51. The number of carbonyl (C=O) groups excluding carboxylic acids is 1. The Kier molecular flexibility index (Phi) is 5.70. The van der Waals surface area contributed by atoms with Gasteiger partial charge in [-0.1, -0.05) is 6.07 Å². The summed E-state index contributed by atoms with van der Waals surface area (Å²) in [5, 5.41) is 12.0. The van der Waals surface area contributed by atoms with E-state index in [1.165, 1.54) is 19.2 Å². The number of hydrogen-bond acceptors (Lipinski definition) is 4. The van der Waals surface area contributed by atoms with Crippen LogP contribution in [-0.4, -0.2) is 37.4 Å². The molecule has 0 saturated heterocycles. The molecule has 0 aliphatic heterocycles. The molecule has 0 heterocycles. The molecule has 1 unspecified atom stereocenters. The summed E-state index contributed by atoms with van der Waals surface area (Å²) < 4.78 is 18.5. The minimum atomic E-state index is -0.666. The van der Waals surface area contributed by atoms with Crippen molar-refractivity contribution >= 4 is 5.91 Å². The molecular formula is C12H17FN2O3. The third kappa shape index (κ3) is 4.06. The molecule has 18 heavy (non-hydrogen) atoms. The van der Waals surface area contributed by atoms with Crippen LogP contribution in [0.15, 0.2) is 18.2 Å². The van der Waals surface area contributed by atoms with Crippen molar-refractivity contribution in [3.8, 4) is 0 Å². The second-order valence-corrected chi connectivity index (χ2v) is 3.89. The van der Waals surface area contributed by atoms with E-state index in [2.05, 4.69) is 5.32 Å². The number of benzene rings is 1. The number of aliphatic hydroxyl groups is 1. The zero-order chi connectivity index (χ0) is 13.5. The van der Waals surface area contributed by atoms with Crippen molar-refractivity contribution in [3.63, 3.8) is 0 Å². The quantitative estimate of drug-likeness (QED) is 0.642. The van der Waals surface area contributed by atoms with Crippen molar-refractivity contribution in [2.45, 2.75) is 12.6 Å². The maximum absolute atomic E-state index is 13.6. The van der Waals surface area contributed by atoms with Gasteiger partial charge in [-0.25, -0.2) is 4.39 Å². The summed E-state index contributed by atoms with van der Waals surface area (Å²) in [4.78, 5) is 10.9. The van der Waals surface area contributed by atoms with Crippen molar-refractivity contribution < 1.29 is 19.0 Å². The van der Waals surface area contributed by atoms with Gasteiger partial charge in [-0.3, -0.25) is 4.79 Å². The number of amides is 1. The first kappa shape index (κ1) is 14.6. The molecule has 0 fully saturated rings. The number of nitrogens with two attached hydrogens (primary N) is 1. The number of primary amides is 1. The second-order valence-electron chi connectivity index (χ2n) is 3.89. The number of methoxy groups -OCH3 is 1. The number of hydrogen-bond donors (Lipinski definition) is 3. The molecule has 1 atom stereocenters. The highest BCUT2D eigenvalue weighted by Crippen LogP contribution is 2.10. The van der Waals surface area contributed by atoms with Gasteiger partial charge in [0.15, 0.2) is 0 Å². The van der Waals surface area contributed by atoms with Crippen LogP contribution < -0.4 is 11.1 Å². The molecule has 1 rings (SSSR count). The van der Waals surface area contributed by atoms with E-state index < -0.39 is 11.7 Å². The lowest BCUT2D eigenvalue weighted by Crippen LogP contribution is -2.36. The summed E-state index contributed by atoms with van der Waals surface area (Å²) in [6, 6.07) is 3.80. The molecule has 0 aliphatic carbocycles. The summed E-state index contributed by atoms with van der Waals surface area (Å²) >= 11 is 0. The Bertz CT molecular complexity index is 412. The zero-order valence-electron chi connectivity index (χ0n) is 10.1. The Morgan fingerprint density at radius 2 is 2.33 bits per heavy atom. The molecule has 0 spiro atoms. The number of rotatable bonds is 7. The number of nitrogens with one attached hydrogen (secondary N) is 1. The van der Waals surface area contributed by atoms with Crippen LogP contribution in [0.1, 0.15) is 15.9 Å². The number of carbonyl (C=O) groups is 1. The van der Waals surface area contributed by atoms with Crippen LogP contribution in [0.4, 0.5) is 4.39 Å². The van der Waals surface area contributed by atoms with E-state index in [4.69, 9.17) is 15.6 Å². The molecule has 5 nitrogen and oxygen atoms in total. The molecule has 0 saturated carbocycles. The Morgan fingerprint density at radius 3 is 2.83 bits per heavy atom. The van der Waals surface area contributed by atoms with Crippen LogP contribution in [0.25, 0.3) is 0 Å². The molecule has 1 aromatic rings. The normalized spacial score (nSPS) is 12.4. The molecule has 0 radical (unpaired) electrons. The summed E-state index contributed by atoms with van der Waals surface area (Å²) in [5.41, 5.74) is 5.57. The fourth-order valence-corrected chi connectivity index (χ4v) is 1.48. The third-order valence-corrected chi connectivity index (χ3v) is 2.51. The summed E-state index contributed by atoms with van der Waals surface area (Å²) in [6.45, 7) is 0.464. The standard InChI is InChI=1S/C12H17FN2O3/c1-18-7-10(6-16)15-5-9-3-2-8(12(14)17)4-11(9)13/h2-4,10,15-16H,5-7H2,1H3,(H2,14,17). The highest BCUT2D eigenvalue weighted by Gasteiger charge is 2.10. The van der Waals surface area contributed by atoms with Gasteiger partial charge >= 0.3 is 0 Å². The van der Waals surface area contributed by atoms with E-state index in [0.717, 1.165) is 6.07 Å². The van der Waals surface area contributed by atoms with Gasteiger partial charge in [0.25, 0.3) is 0 Å². The topological polar surface area (TPSA) is 84.6 Å². The van der Waals surface area contributed by atoms with E-state index in [0.29, 0.717) is 12.2 Å². The van der Waals surface area contributed by atoms with Crippen molar-refractivity contribution in [2.24, 2.45) is 5.73 Å². The molecule has 1 amide bonds. The largest absolute Gasteiger partial charge is 0.395 e. The number of halogens is 1. The highest BCUT2D eigenvalue weighted by molar-refractivity contribution is 5.92. The summed E-state index contributed by atoms with van der Waals surface area (Å²) in [7, 11) is 1.52. The zero-order valence-corrected chi connectivity index (χ0v) is 10.1. The summed E-state index contributed by atoms with van der Waals surface area (Å²) in [6.07, 6.45) is 0. The van der Waals surface area contributed by atoms with Gasteiger partial charge in [0.2, 0.25) is 5.91 Å². The lowest BCUT2D eigenvalue weighted by atomic mass is 10.1. The molecule has 4 N–H and O–H groups in total. The van der Waals surface area contributed by atoms with Gasteiger partial charge in [0.05, 0.1) is 19.3 Å². The van der Waals surface area contributed by atoms with Crippen molar-refractivity contribution in [3.05, 3.63) is 35.1 Å². The minimum Gasteiger partial charge on any atom is -0.395 e. The van der Waals surface area contributed by atoms with Crippen LogP contribution in [-0.2, 0) is 11.3 Å². The lowest BCUT2D eigenvalue weighted by Gasteiger charge is -2.15. The maximum Gasteiger partial charge on any atom is 0.248 e. The maximum atomic E-state index is 13.6. The van der Waals surface area contributed by atoms with Crippen LogP contribution in [0, 0.1) is 5.82 Å². The van der Waals surface area contributed by atoms with E-state index in [-0.39, 0.29) is 24.8 Å². The molecule has 0 aromatic heterocycles. The van der Waals surface area contributed by atoms with Crippen LogP contribution in [0.5, 0.6) is 0 Å². The first-order chi connectivity index (χ1) is 8.58. The molecule has 0 aliphatic rings. The van der Waals surface area contributed by atoms with Gasteiger partial charge in [0.1, 0.15) is 5.82 Å². The summed E-state index contributed by atoms with van der Waals surface area (Å²) in [5.74, 6) is -1.17. The van der Waals surface area contributed by atoms with Crippen molar-refractivity contribution in [1.82, 2.24) is 5.32 Å². The Labute approximate surface area is 105 Å². The van der Waals surface area contributed by atoms with E-state index >= 15 is 0 Å². The predicted octanol–water partition coefficient (Wildman–Crippen LogP) is 0.0215. The van der Waals surface area contributed by atoms with Gasteiger partial charge in [-0.15, -0.1) is 0 Å². The average molecular weight is 256 g/mol. The molecule has 1 aromatic carbocycles. The van der Waals surface area contributed by atoms with Crippen LogP contribution in [0.2, 0.25) is 0 Å². The molecular weight excluding hydrogens is 239 g/mol. The predicted molar refractivity (Wildman–Crippen MR) is 64.5 cm³/mol. The van der Waals surface area contributed by atoms with Crippen molar-refractivity contribution in [1.29, 1.82) is 0 Å². The molecule has 100 valence electrons. The second kappa shape index (κ2) is 7.05. The average Bonchev–Trinajstić information content (AvgIpc) is 2.35. The first-order valence-electron chi connectivity index (χ1n) is 5.50. The van der Waals surface area contributed by atoms with Gasteiger partial charge < -0.3 is 20.9 Å². The fraction of sp³-hybridized carbons (Fsp3) is 0.417. The van der Waals surface area contributed by atoms with E-state index in [1.54, 1.807) is 0 Å². The van der Waals surface area contributed by atoms with Gasteiger partial charge in [-0.2, -0.15) is 0 Å². The van der Waals surface area contributed by atoms with E-state index in [1.807, 2.05) is 0 Å². The van der Waals surface area contributed by atoms with Gasteiger partial charge in [0, 0.05) is 24.8 Å². The minimum absolute atomic E-state index is 0.102. The van der Waals surface area contributed by atoms with Crippen molar-refractivity contribution in [2.75, 3.05) is 20.3 Å². The van der Waals surface area contributed by atoms with Crippen LogP contribution in [0.3, 0.4) is 0 Å². The van der Waals surface area contributed by atoms with Crippen LogP contribution >= 0.6 is 0 Å². The number of ether oxygens (including phenoxy) is 1. The Hall–Kier alpha value is -1.50. The highest BCUT2D eigenvalue weighted by atomic mass is 19.1. The first-order valence-corrected chi connectivity index (χ1v) is 5.50. The van der Waals surface area contributed by atoms with E-state index in [9.17, 15) is 9.18 Å². The lowest BCUT2D eigenvalue weighted by molar-refractivity contribution is 0.1000. The monoisotopic (exact) mass is 256 g/mol. The Morgan fingerprint density at radius 1 is 1.61 bits per heavy atom. The van der Waals surface area contributed by atoms with Gasteiger partial charge in [-0.05, 0) is 12.1 Å².